The summed E-state index contributed by atoms with van der Waals surface area (Å²) in [6.07, 6.45) is 1.38. The van der Waals surface area contributed by atoms with Crippen LogP contribution >= 0.6 is 0 Å². The normalized spacial score (nSPS) is 11.2. The molecule has 1 aromatic rings. The molecule has 0 fully saturated rings. The Morgan fingerprint density at radius 2 is 2.15 bits per heavy atom. The van der Waals surface area contributed by atoms with Crippen molar-refractivity contribution in [3.05, 3.63) is 18.0 Å². The first kappa shape index (κ1) is 9.52. The summed E-state index contributed by atoms with van der Waals surface area (Å²) in [5.41, 5.74) is -1.11. The van der Waals surface area contributed by atoms with E-state index in [1.54, 1.807) is 0 Å². The van der Waals surface area contributed by atoms with Gasteiger partial charge < -0.3 is 9.67 Å². The summed E-state index contributed by atoms with van der Waals surface area (Å²) in [4.78, 5) is 0. The van der Waals surface area contributed by atoms with Gasteiger partial charge >= 0.3 is 6.18 Å². The van der Waals surface area contributed by atoms with Crippen LogP contribution in [0, 0.1) is 12.3 Å². The van der Waals surface area contributed by atoms with E-state index >= 15 is 0 Å². The average Bonchev–Trinajstić information content (AvgIpc) is 2.31. The molecule has 0 amide bonds. The van der Waals surface area contributed by atoms with Crippen molar-refractivity contribution in [2.24, 2.45) is 0 Å². The van der Waals surface area contributed by atoms with Gasteiger partial charge in [0.15, 0.2) is 5.69 Å². The van der Waals surface area contributed by atoms with Gasteiger partial charge in [-0.05, 0) is 6.07 Å². The lowest BCUT2D eigenvalue weighted by Gasteiger charge is -2.09. The van der Waals surface area contributed by atoms with Crippen molar-refractivity contribution >= 4 is 0 Å². The summed E-state index contributed by atoms with van der Waals surface area (Å²) in [6.45, 7) is -0.213. The third kappa shape index (κ3) is 1.78. The fourth-order valence-corrected chi connectivity index (χ4v) is 0.999. The van der Waals surface area contributed by atoms with Gasteiger partial charge in [0.05, 0.1) is 6.54 Å². The number of aromatic hydroxyl groups is 1. The van der Waals surface area contributed by atoms with Crippen LogP contribution in [0.5, 0.6) is 5.75 Å². The van der Waals surface area contributed by atoms with Gasteiger partial charge in [0.2, 0.25) is 0 Å². The first-order valence-corrected chi connectivity index (χ1v) is 3.35. The van der Waals surface area contributed by atoms with E-state index < -0.39 is 17.6 Å². The summed E-state index contributed by atoms with van der Waals surface area (Å²) in [7, 11) is 0. The van der Waals surface area contributed by atoms with Crippen molar-refractivity contribution < 1.29 is 18.3 Å². The Hall–Kier alpha value is -1.57. The predicted octanol–water partition coefficient (Wildman–Crippen LogP) is 1.85. The van der Waals surface area contributed by atoms with Crippen molar-refractivity contribution in [1.29, 1.82) is 0 Å². The zero-order valence-corrected chi connectivity index (χ0v) is 6.47. The number of halogens is 3. The topological polar surface area (TPSA) is 25.2 Å². The SMILES string of the molecule is C#CCn1ccc(O)c1C(F)(F)F. The third-order valence-corrected chi connectivity index (χ3v) is 1.47. The van der Waals surface area contributed by atoms with Crippen LogP contribution in [0.2, 0.25) is 0 Å². The average molecular weight is 189 g/mol. The summed E-state index contributed by atoms with van der Waals surface area (Å²) in [5, 5.41) is 8.88. The van der Waals surface area contributed by atoms with Crippen molar-refractivity contribution in [1.82, 2.24) is 4.57 Å². The highest BCUT2D eigenvalue weighted by molar-refractivity contribution is 5.30. The molecule has 0 spiro atoms. The zero-order valence-electron chi connectivity index (χ0n) is 6.47. The molecule has 0 atom stereocenters. The quantitative estimate of drug-likeness (QED) is 0.670. The standard InChI is InChI=1S/C8H6F3NO/c1-2-4-12-5-3-6(13)7(12)8(9,10)11/h1,3,5,13H,4H2. The Morgan fingerprint density at radius 1 is 1.54 bits per heavy atom. The predicted molar refractivity (Wildman–Crippen MR) is 39.9 cm³/mol. The number of terminal acetylenes is 1. The molecular formula is C8H6F3NO. The smallest absolute Gasteiger partial charge is 0.435 e. The van der Waals surface area contributed by atoms with Crippen LogP contribution in [-0.4, -0.2) is 9.67 Å². The highest BCUT2D eigenvalue weighted by Crippen LogP contribution is 2.36. The third-order valence-electron chi connectivity index (χ3n) is 1.47. The van der Waals surface area contributed by atoms with Crippen molar-refractivity contribution in [3.63, 3.8) is 0 Å². The van der Waals surface area contributed by atoms with Crippen LogP contribution in [-0.2, 0) is 12.7 Å². The second kappa shape index (κ2) is 3.05. The van der Waals surface area contributed by atoms with Gasteiger partial charge in [0, 0.05) is 6.20 Å². The molecule has 0 radical (unpaired) electrons. The number of hydrogen-bond donors (Lipinski definition) is 1. The van der Waals surface area contributed by atoms with E-state index in [4.69, 9.17) is 11.5 Å². The van der Waals surface area contributed by atoms with Gasteiger partial charge in [-0.3, -0.25) is 0 Å². The monoisotopic (exact) mass is 189 g/mol. The molecule has 1 heterocycles. The van der Waals surface area contributed by atoms with Crippen molar-refractivity contribution in [3.8, 4) is 18.1 Å². The lowest BCUT2D eigenvalue weighted by molar-refractivity contribution is -0.144. The molecule has 1 rings (SSSR count). The minimum atomic E-state index is -4.58. The Kier molecular flexibility index (Phi) is 2.24. The lowest BCUT2D eigenvalue weighted by atomic mass is 10.4. The van der Waals surface area contributed by atoms with Crippen LogP contribution in [0.15, 0.2) is 12.3 Å². The molecule has 0 aliphatic carbocycles. The maximum absolute atomic E-state index is 12.2. The summed E-state index contributed by atoms with van der Waals surface area (Å²) in [6, 6.07) is 0.958. The van der Waals surface area contributed by atoms with Gasteiger partial charge in [-0.2, -0.15) is 13.2 Å². The highest BCUT2D eigenvalue weighted by atomic mass is 19.4. The fourth-order valence-electron chi connectivity index (χ4n) is 0.999. The molecule has 0 aliphatic rings. The Labute approximate surface area is 72.6 Å². The van der Waals surface area contributed by atoms with Crippen LogP contribution in [0.1, 0.15) is 5.69 Å². The minimum absolute atomic E-state index is 0.213. The second-order valence-corrected chi connectivity index (χ2v) is 2.38. The minimum Gasteiger partial charge on any atom is -0.506 e. The van der Waals surface area contributed by atoms with Gasteiger partial charge in [-0.15, -0.1) is 6.42 Å². The number of hydrogen-bond acceptors (Lipinski definition) is 1. The molecule has 13 heavy (non-hydrogen) atoms. The van der Waals surface area contributed by atoms with Crippen molar-refractivity contribution in [2.75, 3.05) is 0 Å². The van der Waals surface area contributed by atoms with Gasteiger partial charge in [0.1, 0.15) is 5.75 Å². The molecule has 2 nitrogen and oxygen atoms in total. The Balaban J connectivity index is 3.18. The maximum atomic E-state index is 12.2. The van der Waals surface area contributed by atoms with Gasteiger partial charge in [0.25, 0.3) is 0 Å². The number of aromatic nitrogens is 1. The number of nitrogens with zero attached hydrogens (tertiary/aromatic N) is 1. The van der Waals surface area contributed by atoms with Gasteiger partial charge in [-0.1, -0.05) is 5.92 Å². The molecule has 0 unspecified atom stereocenters. The van der Waals surface area contributed by atoms with E-state index in [9.17, 15) is 13.2 Å². The fraction of sp³-hybridized carbons (Fsp3) is 0.250. The van der Waals surface area contributed by atoms with E-state index in [2.05, 4.69) is 5.92 Å². The lowest BCUT2D eigenvalue weighted by Crippen LogP contribution is -2.12. The van der Waals surface area contributed by atoms with Crippen LogP contribution < -0.4 is 0 Å². The first-order chi connectivity index (χ1) is 5.96. The molecule has 0 aromatic carbocycles. The van der Waals surface area contributed by atoms with E-state index in [1.165, 1.54) is 0 Å². The molecule has 0 saturated heterocycles. The molecule has 5 heteroatoms. The molecule has 1 aromatic heterocycles. The Morgan fingerprint density at radius 3 is 2.62 bits per heavy atom. The second-order valence-electron chi connectivity index (χ2n) is 2.38. The van der Waals surface area contributed by atoms with Gasteiger partial charge in [-0.25, -0.2) is 0 Å². The van der Waals surface area contributed by atoms with E-state index in [1.807, 2.05) is 0 Å². The Bertz CT molecular complexity index is 345. The van der Waals surface area contributed by atoms with E-state index in [0.717, 1.165) is 16.8 Å². The van der Waals surface area contributed by atoms with Crippen LogP contribution in [0.3, 0.4) is 0 Å². The molecular weight excluding hydrogens is 183 g/mol. The summed E-state index contributed by atoms with van der Waals surface area (Å²) >= 11 is 0. The molecule has 0 bridgehead atoms. The van der Waals surface area contributed by atoms with Crippen molar-refractivity contribution in [2.45, 2.75) is 12.7 Å². The zero-order chi connectivity index (χ0) is 10.1. The first-order valence-electron chi connectivity index (χ1n) is 3.35. The van der Waals surface area contributed by atoms with E-state index in [0.29, 0.717) is 0 Å². The molecule has 70 valence electrons. The number of alkyl halides is 3. The maximum Gasteiger partial charge on any atom is 0.435 e. The molecule has 1 N–H and O–H groups in total. The highest BCUT2D eigenvalue weighted by Gasteiger charge is 2.37. The van der Waals surface area contributed by atoms with Crippen LogP contribution in [0.4, 0.5) is 13.2 Å². The summed E-state index contributed by atoms with van der Waals surface area (Å²) in [5.74, 6) is 1.26. The largest absolute Gasteiger partial charge is 0.506 e. The number of rotatable bonds is 1. The van der Waals surface area contributed by atoms with Crippen LogP contribution in [0.25, 0.3) is 0 Å². The van der Waals surface area contributed by atoms with E-state index in [-0.39, 0.29) is 6.54 Å². The summed E-state index contributed by atoms with van der Waals surface area (Å²) < 4.78 is 37.4. The molecule has 0 aliphatic heterocycles. The molecule has 0 saturated carbocycles.